The SMILES string of the molecule is Nc1ccc2c(c1)CCC2NC1CCCC(O)C1. The summed E-state index contributed by atoms with van der Waals surface area (Å²) in [6, 6.07) is 7.19. The Labute approximate surface area is 108 Å². The second-order valence-corrected chi connectivity index (χ2v) is 5.73. The molecule has 1 aromatic rings. The number of anilines is 1. The Kier molecular flexibility index (Phi) is 3.27. The fourth-order valence-corrected chi connectivity index (χ4v) is 3.41. The third kappa shape index (κ3) is 2.38. The number of hydrogen-bond acceptors (Lipinski definition) is 3. The Morgan fingerprint density at radius 3 is 2.94 bits per heavy atom. The second kappa shape index (κ2) is 4.90. The lowest BCUT2D eigenvalue weighted by Gasteiger charge is -2.29. The van der Waals surface area contributed by atoms with Gasteiger partial charge < -0.3 is 16.2 Å². The number of hydrogen-bond donors (Lipinski definition) is 3. The zero-order valence-corrected chi connectivity index (χ0v) is 10.7. The van der Waals surface area contributed by atoms with Crippen molar-refractivity contribution < 1.29 is 5.11 Å². The van der Waals surface area contributed by atoms with Crippen molar-refractivity contribution in [1.29, 1.82) is 0 Å². The fraction of sp³-hybridized carbons (Fsp3) is 0.600. The van der Waals surface area contributed by atoms with Gasteiger partial charge in [0.2, 0.25) is 0 Å². The predicted molar refractivity (Wildman–Crippen MR) is 73.3 cm³/mol. The van der Waals surface area contributed by atoms with Gasteiger partial charge in [-0.05, 0) is 61.8 Å². The molecule has 1 fully saturated rings. The largest absolute Gasteiger partial charge is 0.399 e. The van der Waals surface area contributed by atoms with Crippen LogP contribution in [0, 0.1) is 0 Å². The third-order valence-corrected chi connectivity index (χ3v) is 4.33. The minimum absolute atomic E-state index is 0.108. The number of nitrogens with two attached hydrogens (primary N) is 1. The van der Waals surface area contributed by atoms with E-state index in [4.69, 9.17) is 5.73 Å². The minimum atomic E-state index is -0.108. The van der Waals surface area contributed by atoms with Gasteiger partial charge in [0, 0.05) is 17.8 Å². The molecule has 18 heavy (non-hydrogen) atoms. The van der Waals surface area contributed by atoms with Gasteiger partial charge in [-0.3, -0.25) is 0 Å². The smallest absolute Gasteiger partial charge is 0.0555 e. The summed E-state index contributed by atoms with van der Waals surface area (Å²) in [5.74, 6) is 0. The molecule has 0 spiro atoms. The summed E-state index contributed by atoms with van der Waals surface area (Å²) in [7, 11) is 0. The second-order valence-electron chi connectivity index (χ2n) is 5.73. The summed E-state index contributed by atoms with van der Waals surface area (Å²) < 4.78 is 0. The highest BCUT2D eigenvalue weighted by molar-refractivity contribution is 5.47. The van der Waals surface area contributed by atoms with Gasteiger partial charge in [-0.25, -0.2) is 0 Å². The summed E-state index contributed by atoms with van der Waals surface area (Å²) in [6.45, 7) is 0. The van der Waals surface area contributed by atoms with Gasteiger partial charge in [0.25, 0.3) is 0 Å². The first-order chi connectivity index (χ1) is 8.72. The molecule has 0 aromatic heterocycles. The van der Waals surface area contributed by atoms with Gasteiger partial charge in [-0.2, -0.15) is 0 Å². The maximum atomic E-state index is 9.73. The Hall–Kier alpha value is -1.06. The number of nitrogens with one attached hydrogen (secondary N) is 1. The molecule has 0 saturated heterocycles. The standard InChI is InChI=1S/C15H22N2O/c16-11-5-6-14-10(8-11)4-7-15(14)17-12-2-1-3-13(18)9-12/h5-6,8,12-13,15,17-18H,1-4,7,9,16H2. The minimum Gasteiger partial charge on any atom is -0.399 e. The average Bonchev–Trinajstić information content (AvgIpc) is 2.72. The molecule has 98 valence electrons. The van der Waals surface area contributed by atoms with Crippen LogP contribution in [0.15, 0.2) is 18.2 Å². The zero-order valence-electron chi connectivity index (χ0n) is 10.7. The number of rotatable bonds is 2. The van der Waals surface area contributed by atoms with Crippen molar-refractivity contribution in [3.63, 3.8) is 0 Å². The Morgan fingerprint density at radius 1 is 1.22 bits per heavy atom. The Bertz CT molecular complexity index is 433. The first kappa shape index (κ1) is 12.0. The van der Waals surface area contributed by atoms with Crippen LogP contribution in [0.2, 0.25) is 0 Å². The number of aryl methyl sites for hydroxylation is 1. The van der Waals surface area contributed by atoms with Gasteiger partial charge in [-0.1, -0.05) is 6.07 Å². The number of nitrogen functional groups attached to an aromatic ring is 1. The summed E-state index contributed by atoms with van der Waals surface area (Å²) in [6.07, 6.45) is 6.37. The lowest BCUT2D eigenvalue weighted by molar-refractivity contribution is 0.108. The van der Waals surface area contributed by atoms with Crippen molar-refractivity contribution in [2.45, 2.75) is 56.7 Å². The maximum Gasteiger partial charge on any atom is 0.0555 e. The van der Waals surface area contributed by atoms with Crippen LogP contribution in [0.25, 0.3) is 0 Å². The summed E-state index contributed by atoms with van der Waals surface area (Å²) in [5, 5.41) is 13.5. The van der Waals surface area contributed by atoms with Crippen LogP contribution in [-0.4, -0.2) is 17.3 Å². The van der Waals surface area contributed by atoms with E-state index in [1.54, 1.807) is 0 Å². The first-order valence-corrected chi connectivity index (χ1v) is 7.05. The molecule has 3 rings (SSSR count). The molecule has 1 aromatic carbocycles. The number of aliphatic hydroxyl groups excluding tert-OH is 1. The van der Waals surface area contributed by atoms with Crippen molar-refractivity contribution in [2.24, 2.45) is 0 Å². The molecule has 2 aliphatic carbocycles. The van der Waals surface area contributed by atoms with E-state index >= 15 is 0 Å². The van der Waals surface area contributed by atoms with Crippen LogP contribution in [0.1, 0.15) is 49.3 Å². The van der Waals surface area contributed by atoms with Gasteiger partial charge in [0.15, 0.2) is 0 Å². The van der Waals surface area contributed by atoms with E-state index in [-0.39, 0.29) is 6.10 Å². The molecule has 2 aliphatic rings. The van der Waals surface area contributed by atoms with Crippen molar-refractivity contribution in [2.75, 3.05) is 5.73 Å². The summed E-state index contributed by atoms with van der Waals surface area (Å²) in [4.78, 5) is 0. The highest BCUT2D eigenvalue weighted by Crippen LogP contribution is 2.33. The van der Waals surface area contributed by atoms with Gasteiger partial charge in [-0.15, -0.1) is 0 Å². The van der Waals surface area contributed by atoms with Gasteiger partial charge >= 0.3 is 0 Å². The lowest BCUT2D eigenvalue weighted by Crippen LogP contribution is -2.37. The van der Waals surface area contributed by atoms with Crippen LogP contribution in [0.5, 0.6) is 0 Å². The molecule has 3 nitrogen and oxygen atoms in total. The monoisotopic (exact) mass is 246 g/mol. The van der Waals surface area contributed by atoms with Gasteiger partial charge in [0.1, 0.15) is 0 Å². The average molecular weight is 246 g/mol. The number of aliphatic hydroxyl groups is 1. The first-order valence-electron chi connectivity index (χ1n) is 7.05. The molecule has 0 bridgehead atoms. The van der Waals surface area contributed by atoms with Crippen LogP contribution >= 0.6 is 0 Å². The van der Waals surface area contributed by atoms with E-state index in [0.29, 0.717) is 12.1 Å². The normalized spacial score (nSPS) is 31.3. The molecule has 0 amide bonds. The topological polar surface area (TPSA) is 58.3 Å². The lowest BCUT2D eigenvalue weighted by atomic mass is 9.92. The highest BCUT2D eigenvalue weighted by atomic mass is 16.3. The number of benzene rings is 1. The molecule has 3 heteroatoms. The van der Waals surface area contributed by atoms with E-state index in [1.807, 2.05) is 6.07 Å². The molecular weight excluding hydrogens is 224 g/mol. The van der Waals surface area contributed by atoms with Crippen molar-refractivity contribution in [1.82, 2.24) is 5.32 Å². The van der Waals surface area contributed by atoms with Crippen molar-refractivity contribution in [3.8, 4) is 0 Å². The third-order valence-electron chi connectivity index (χ3n) is 4.33. The maximum absolute atomic E-state index is 9.73. The molecule has 1 saturated carbocycles. The van der Waals surface area contributed by atoms with E-state index in [2.05, 4.69) is 17.4 Å². The fourth-order valence-electron chi connectivity index (χ4n) is 3.41. The molecule has 0 aliphatic heterocycles. The molecule has 3 atom stereocenters. The molecule has 0 heterocycles. The zero-order chi connectivity index (χ0) is 12.5. The van der Waals surface area contributed by atoms with Gasteiger partial charge in [0.05, 0.1) is 6.10 Å². The van der Waals surface area contributed by atoms with Crippen LogP contribution < -0.4 is 11.1 Å². The molecular formula is C15H22N2O. The Morgan fingerprint density at radius 2 is 2.11 bits per heavy atom. The number of fused-ring (bicyclic) bond motifs is 1. The van der Waals surface area contributed by atoms with E-state index in [0.717, 1.165) is 37.8 Å². The molecule has 3 unspecified atom stereocenters. The summed E-state index contributed by atoms with van der Waals surface area (Å²) >= 11 is 0. The Balaban J connectivity index is 1.69. The molecule has 4 N–H and O–H groups in total. The van der Waals surface area contributed by atoms with Crippen molar-refractivity contribution in [3.05, 3.63) is 29.3 Å². The van der Waals surface area contributed by atoms with E-state index in [1.165, 1.54) is 17.5 Å². The van der Waals surface area contributed by atoms with E-state index < -0.39 is 0 Å². The van der Waals surface area contributed by atoms with Crippen LogP contribution in [0.3, 0.4) is 0 Å². The predicted octanol–water partition coefficient (Wildman–Crippen LogP) is 2.15. The van der Waals surface area contributed by atoms with Crippen LogP contribution in [0.4, 0.5) is 5.69 Å². The van der Waals surface area contributed by atoms with E-state index in [9.17, 15) is 5.11 Å². The van der Waals surface area contributed by atoms with Crippen molar-refractivity contribution >= 4 is 5.69 Å². The molecule has 0 radical (unpaired) electrons. The summed E-state index contributed by atoms with van der Waals surface area (Å²) in [5.41, 5.74) is 9.49. The highest BCUT2D eigenvalue weighted by Gasteiger charge is 2.27. The quantitative estimate of drug-likeness (QED) is 0.701. The van der Waals surface area contributed by atoms with Crippen LogP contribution in [-0.2, 0) is 6.42 Å².